The Bertz CT molecular complexity index is 906. The second-order valence-electron chi connectivity index (χ2n) is 6.86. The van der Waals surface area contributed by atoms with Crippen LogP contribution in [0, 0.1) is 0 Å². The van der Waals surface area contributed by atoms with E-state index in [1.165, 1.54) is 20.0 Å². The van der Waals surface area contributed by atoms with Crippen LogP contribution in [0.25, 0.3) is 11.0 Å². The standard InChI is InChI=1S/C23H28N2O3/c1-3-4-9-16-25-21-13-8-7-12-20(21)24-22(25)17-28-19-11-6-5-10-18(14-15-19)23(26)27-2/h6-8,11-15H,3-5,9-10,16-17H2,1-2H3/b11-6-,18-14+,19-15+. The Balaban J connectivity index is 1.78. The van der Waals surface area contributed by atoms with Gasteiger partial charge in [0, 0.05) is 12.1 Å². The van der Waals surface area contributed by atoms with E-state index in [0.29, 0.717) is 24.4 Å². The number of hydrogen-bond donors (Lipinski definition) is 0. The third-order valence-corrected chi connectivity index (χ3v) is 4.85. The van der Waals surface area contributed by atoms with Crippen molar-refractivity contribution >= 4 is 17.0 Å². The number of allylic oxidation sites excluding steroid dienone is 4. The number of hydrogen-bond acceptors (Lipinski definition) is 4. The highest BCUT2D eigenvalue weighted by Crippen LogP contribution is 2.20. The zero-order valence-electron chi connectivity index (χ0n) is 16.7. The predicted molar refractivity (Wildman–Crippen MR) is 111 cm³/mol. The molecule has 1 aliphatic rings. The summed E-state index contributed by atoms with van der Waals surface area (Å²) >= 11 is 0. The number of esters is 1. The van der Waals surface area contributed by atoms with Crippen molar-refractivity contribution < 1.29 is 14.3 Å². The number of para-hydroxylation sites is 2. The number of ether oxygens (including phenoxy) is 2. The minimum atomic E-state index is -0.288. The fourth-order valence-electron chi connectivity index (χ4n) is 3.31. The summed E-state index contributed by atoms with van der Waals surface area (Å²) in [5, 5.41) is 0. The van der Waals surface area contributed by atoms with Crippen molar-refractivity contribution in [3.63, 3.8) is 0 Å². The Kier molecular flexibility index (Phi) is 7.06. The van der Waals surface area contributed by atoms with E-state index in [-0.39, 0.29) is 5.97 Å². The van der Waals surface area contributed by atoms with Crippen molar-refractivity contribution in [1.29, 1.82) is 0 Å². The Hall–Kier alpha value is -2.82. The number of benzene rings is 1. The molecule has 1 aromatic heterocycles. The first kappa shape index (κ1) is 19.9. The van der Waals surface area contributed by atoms with Gasteiger partial charge in [-0.05, 0) is 49.6 Å². The fourth-order valence-corrected chi connectivity index (χ4v) is 3.31. The van der Waals surface area contributed by atoms with E-state index in [4.69, 9.17) is 14.5 Å². The second-order valence-corrected chi connectivity index (χ2v) is 6.86. The van der Waals surface area contributed by atoms with Crippen molar-refractivity contribution in [2.75, 3.05) is 7.11 Å². The van der Waals surface area contributed by atoms with Gasteiger partial charge < -0.3 is 14.0 Å². The number of nitrogens with zero attached hydrogens (tertiary/aromatic N) is 2. The summed E-state index contributed by atoms with van der Waals surface area (Å²) < 4.78 is 13.1. The first-order valence-electron chi connectivity index (χ1n) is 9.95. The van der Waals surface area contributed by atoms with Gasteiger partial charge in [-0.15, -0.1) is 0 Å². The molecule has 0 aliphatic heterocycles. The van der Waals surface area contributed by atoms with Gasteiger partial charge in [-0.1, -0.05) is 38.0 Å². The molecule has 3 rings (SSSR count). The molecule has 0 amide bonds. The van der Waals surface area contributed by atoms with Gasteiger partial charge in [0.2, 0.25) is 0 Å². The Morgan fingerprint density at radius 1 is 1.21 bits per heavy atom. The lowest BCUT2D eigenvalue weighted by Crippen LogP contribution is -2.07. The Morgan fingerprint density at radius 3 is 2.89 bits per heavy atom. The quantitative estimate of drug-likeness (QED) is 0.473. The normalized spacial score (nSPS) is 19.1. The lowest BCUT2D eigenvalue weighted by atomic mass is 10.1. The molecule has 28 heavy (non-hydrogen) atoms. The van der Waals surface area contributed by atoms with Crippen molar-refractivity contribution in [3.05, 3.63) is 65.7 Å². The molecule has 1 aliphatic carbocycles. The number of fused-ring (bicyclic) bond motifs is 1. The molecule has 148 valence electrons. The van der Waals surface area contributed by atoms with Crippen LogP contribution in [0.3, 0.4) is 0 Å². The number of imidazole rings is 1. The van der Waals surface area contributed by atoms with E-state index in [9.17, 15) is 4.79 Å². The molecule has 5 heteroatoms. The highest BCUT2D eigenvalue weighted by molar-refractivity contribution is 5.88. The Morgan fingerprint density at radius 2 is 2.07 bits per heavy atom. The summed E-state index contributed by atoms with van der Waals surface area (Å²) in [4.78, 5) is 16.6. The summed E-state index contributed by atoms with van der Waals surface area (Å²) in [7, 11) is 1.40. The van der Waals surface area contributed by atoms with Gasteiger partial charge in [-0.25, -0.2) is 9.78 Å². The fraction of sp³-hybridized carbons (Fsp3) is 0.391. The summed E-state index contributed by atoms with van der Waals surface area (Å²) in [6.45, 7) is 3.53. The van der Waals surface area contributed by atoms with Crippen molar-refractivity contribution in [2.24, 2.45) is 0 Å². The van der Waals surface area contributed by atoms with Gasteiger partial charge in [0.05, 0.1) is 18.1 Å². The molecule has 0 atom stereocenters. The maximum absolute atomic E-state index is 11.8. The molecule has 1 aromatic carbocycles. The van der Waals surface area contributed by atoms with E-state index in [2.05, 4.69) is 17.6 Å². The minimum absolute atomic E-state index is 0.288. The summed E-state index contributed by atoms with van der Waals surface area (Å²) in [5.74, 6) is 1.35. The molecule has 0 fully saturated rings. The van der Waals surface area contributed by atoms with Crippen LogP contribution in [-0.2, 0) is 27.4 Å². The van der Waals surface area contributed by atoms with E-state index in [0.717, 1.165) is 36.2 Å². The van der Waals surface area contributed by atoms with Crippen LogP contribution in [0.4, 0.5) is 0 Å². The SMILES string of the molecule is CCCCCn1c(COC2=C/C=C(/C(=O)OC)CC/C=C\2)nc2ccccc21. The molecule has 5 nitrogen and oxygen atoms in total. The van der Waals surface area contributed by atoms with E-state index >= 15 is 0 Å². The van der Waals surface area contributed by atoms with E-state index in [1.54, 1.807) is 6.08 Å². The lowest BCUT2D eigenvalue weighted by Gasteiger charge is -2.12. The first-order valence-corrected chi connectivity index (χ1v) is 9.95. The highest BCUT2D eigenvalue weighted by atomic mass is 16.5. The second kappa shape index (κ2) is 9.93. The highest BCUT2D eigenvalue weighted by Gasteiger charge is 2.12. The summed E-state index contributed by atoms with van der Waals surface area (Å²) in [6, 6.07) is 8.20. The molecule has 2 aromatic rings. The first-order chi connectivity index (χ1) is 13.7. The largest absolute Gasteiger partial charge is 0.486 e. The predicted octanol–water partition coefficient (Wildman–Crippen LogP) is 5.08. The minimum Gasteiger partial charge on any atom is -0.486 e. The smallest absolute Gasteiger partial charge is 0.333 e. The number of aromatic nitrogens is 2. The zero-order chi connectivity index (χ0) is 19.8. The van der Waals surface area contributed by atoms with Crippen LogP contribution in [0.1, 0.15) is 44.9 Å². The number of rotatable bonds is 8. The number of unbranched alkanes of at least 4 members (excludes halogenated alkanes) is 2. The van der Waals surface area contributed by atoms with Crippen molar-refractivity contribution in [3.8, 4) is 0 Å². The van der Waals surface area contributed by atoms with Gasteiger partial charge in [0.15, 0.2) is 0 Å². The molecule has 0 N–H and O–H groups in total. The molecule has 0 bridgehead atoms. The van der Waals surface area contributed by atoms with Crippen LogP contribution in [0.15, 0.2) is 59.9 Å². The molecular formula is C23H28N2O3. The monoisotopic (exact) mass is 380 g/mol. The molecule has 0 saturated carbocycles. The lowest BCUT2D eigenvalue weighted by molar-refractivity contribution is -0.136. The van der Waals surface area contributed by atoms with Crippen molar-refractivity contribution in [2.45, 2.75) is 52.2 Å². The topological polar surface area (TPSA) is 53.4 Å². The molecular weight excluding hydrogens is 352 g/mol. The molecule has 0 radical (unpaired) electrons. The van der Waals surface area contributed by atoms with E-state index in [1.807, 2.05) is 36.4 Å². The summed E-state index contributed by atoms with van der Waals surface area (Å²) in [5.41, 5.74) is 2.79. The van der Waals surface area contributed by atoms with Gasteiger partial charge in [0.1, 0.15) is 18.2 Å². The third kappa shape index (κ3) is 4.91. The van der Waals surface area contributed by atoms with Gasteiger partial charge in [0.25, 0.3) is 0 Å². The average Bonchev–Trinajstić information content (AvgIpc) is 3.05. The molecule has 0 spiro atoms. The third-order valence-electron chi connectivity index (χ3n) is 4.85. The van der Waals surface area contributed by atoms with E-state index < -0.39 is 0 Å². The van der Waals surface area contributed by atoms with Gasteiger partial charge in [-0.2, -0.15) is 0 Å². The van der Waals surface area contributed by atoms with Crippen LogP contribution in [0.5, 0.6) is 0 Å². The number of methoxy groups -OCH3 is 1. The zero-order valence-corrected chi connectivity index (χ0v) is 16.7. The van der Waals surface area contributed by atoms with Gasteiger partial charge in [-0.3, -0.25) is 0 Å². The summed E-state index contributed by atoms with van der Waals surface area (Å²) in [6.07, 6.45) is 12.5. The van der Waals surface area contributed by atoms with Crippen LogP contribution in [0.2, 0.25) is 0 Å². The van der Waals surface area contributed by atoms with Crippen molar-refractivity contribution in [1.82, 2.24) is 9.55 Å². The van der Waals surface area contributed by atoms with Crippen LogP contribution < -0.4 is 0 Å². The van der Waals surface area contributed by atoms with Crippen LogP contribution in [-0.4, -0.2) is 22.6 Å². The number of carbonyl (C=O) groups excluding carboxylic acids is 1. The number of carbonyl (C=O) groups is 1. The Labute approximate surface area is 166 Å². The average molecular weight is 380 g/mol. The molecule has 0 saturated heterocycles. The maximum Gasteiger partial charge on any atom is 0.333 e. The van der Waals surface area contributed by atoms with Crippen LogP contribution >= 0.6 is 0 Å². The maximum atomic E-state index is 11.8. The van der Waals surface area contributed by atoms with Gasteiger partial charge >= 0.3 is 5.97 Å². The number of aryl methyl sites for hydroxylation is 1. The molecule has 1 heterocycles. The molecule has 0 unspecified atom stereocenters.